The Morgan fingerprint density at radius 2 is 1.91 bits per heavy atom. The molecule has 0 aliphatic rings. The molecule has 172 valence electrons. The van der Waals surface area contributed by atoms with Gasteiger partial charge in [0.15, 0.2) is 5.75 Å². The van der Waals surface area contributed by atoms with E-state index in [4.69, 9.17) is 20.5 Å². The first-order valence-electron chi connectivity index (χ1n) is 10.3. The number of ether oxygens (including phenoxy) is 1. The second-order valence-electron chi connectivity index (χ2n) is 7.39. The minimum Gasteiger partial charge on any atom is -0.490 e. The Labute approximate surface area is 202 Å². The first-order chi connectivity index (χ1) is 16.3. The molecule has 0 amide bonds. The number of nitriles is 1. The summed E-state index contributed by atoms with van der Waals surface area (Å²) in [5.41, 5.74) is 3.25. The lowest BCUT2D eigenvalue weighted by molar-refractivity contribution is 0.327. The van der Waals surface area contributed by atoms with Crippen LogP contribution >= 0.6 is 11.6 Å². The molecule has 7 nitrogen and oxygen atoms in total. The van der Waals surface area contributed by atoms with E-state index < -0.39 is 10.1 Å². The van der Waals surface area contributed by atoms with E-state index in [1.807, 2.05) is 31.2 Å². The summed E-state index contributed by atoms with van der Waals surface area (Å²) >= 11 is 6.42. The third kappa shape index (κ3) is 4.91. The molecule has 0 saturated heterocycles. The average molecular weight is 494 g/mol. The van der Waals surface area contributed by atoms with Crippen molar-refractivity contribution in [3.05, 3.63) is 82.6 Å². The van der Waals surface area contributed by atoms with Crippen LogP contribution in [0, 0.1) is 18.3 Å². The van der Waals surface area contributed by atoms with Crippen LogP contribution in [0.15, 0.2) is 65.6 Å². The van der Waals surface area contributed by atoms with Gasteiger partial charge in [-0.15, -0.1) is 0 Å². The number of nitrogens with one attached hydrogen (secondary N) is 1. The smallest absolute Gasteiger partial charge is 0.339 e. The Kier molecular flexibility index (Phi) is 6.59. The highest BCUT2D eigenvalue weighted by molar-refractivity contribution is 7.87. The van der Waals surface area contributed by atoms with Gasteiger partial charge in [-0.05, 0) is 61.9 Å². The quantitative estimate of drug-likeness (QED) is 0.259. The van der Waals surface area contributed by atoms with Crippen molar-refractivity contribution in [2.24, 2.45) is 0 Å². The van der Waals surface area contributed by atoms with Gasteiger partial charge in [0.25, 0.3) is 0 Å². The second-order valence-corrected chi connectivity index (χ2v) is 9.34. The van der Waals surface area contributed by atoms with Crippen LogP contribution in [0.25, 0.3) is 22.7 Å². The summed E-state index contributed by atoms with van der Waals surface area (Å²) in [6, 6.07) is 18.9. The first-order valence-corrected chi connectivity index (χ1v) is 12.1. The normalized spacial score (nSPS) is 11.9. The van der Waals surface area contributed by atoms with Gasteiger partial charge >= 0.3 is 10.1 Å². The zero-order valence-corrected chi connectivity index (χ0v) is 19.9. The van der Waals surface area contributed by atoms with E-state index in [9.17, 15) is 13.7 Å². The largest absolute Gasteiger partial charge is 0.490 e. The van der Waals surface area contributed by atoms with Gasteiger partial charge in [0, 0.05) is 0 Å². The van der Waals surface area contributed by atoms with Crippen LogP contribution in [-0.4, -0.2) is 25.0 Å². The lowest BCUT2D eigenvalue weighted by atomic mass is 10.1. The number of imidazole rings is 1. The molecule has 3 aromatic carbocycles. The molecule has 0 aliphatic carbocycles. The highest BCUT2D eigenvalue weighted by Crippen LogP contribution is 2.39. The van der Waals surface area contributed by atoms with Gasteiger partial charge in [0.05, 0.1) is 28.2 Å². The van der Waals surface area contributed by atoms with Gasteiger partial charge in [0.1, 0.15) is 16.8 Å². The number of aromatic nitrogens is 2. The van der Waals surface area contributed by atoms with E-state index in [-0.39, 0.29) is 33.6 Å². The molecule has 0 saturated carbocycles. The lowest BCUT2D eigenvalue weighted by Crippen LogP contribution is -2.11. The highest BCUT2D eigenvalue weighted by Gasteiger charge is 2.22. The topological polar surface area (TPSA) is 105 Å². The molecule has 0 unspecified atom stereocenters. The summed E-state index contributed by atoms with van der Waals surface area (Å²) in [6.07, 6.45) is 1.59. The maximum atomic E-state index is 12.8. The number of halogens is 1. The van der Waals surface area contributed by atoms with Crippen LogP contribution in [0.2, 0.25) is 5.02 Å². The summed E-state index contributed by atoms with van der Waals surface area (Å²) in [7, 11) is -4.14. The van der Waals surface area contributed by atoms with Gasteiger partial charge < -0.3 is 13.9 Å². The molecule has 0 fully saturated rings. The number of fused-ring (bicyclic) bond motifs is 1. The monoisotopic (exact) mass is 493 g/mol. The van der Waals surface area contributed by atoms with Crippen LogP contribution in [0.3, 0.4) is 0 Å². The molecule has 0 bridgehead atoms. The Morgan fingerprint density at radius 1 is 1.18 bits per heavy atom. The van der Waals surface area contributed by atoms with Crippen molar-refractivity contribution in [1.82, 2.24) is 9.97 Å². The van der Waals surface area contributed by atoms with Gasteiger partial charge in [-0.2, -0.15) is 13.7 Å². The number of allylic oxidation sites excluding steroid dienone is 1. The fourth-order valence-electron chi connectivity index (χ4n) is 3.28. The summed E-state index contributed by atoms with van der Waals surface area (Å²) in [5.74, 6) is 0.419. The zero-order valence-electron chi connectivity index (χ0n) is 18.4. The molecule has 1 aromatic heterocycles. The predicted molar refractivity (Wildman–Crippen MR) is 131 cm³/mol. The Bertz CT molecular complexity index is 1500. The second kappa shape index (κ2) is 9.59. The van der Waals surface area contributed by atoms with Gasteiger partial charge in [-0.3, -0.25) is 0 Å². The van der Waals surface area contributed by atoms with Crippen molar-refractivity contribution < 1.29 is 17.3 Å². The van der Waals surface area contributed by atoms with Crippen LogP contribution in [0.1, 0.15) is 23.9 Å². The van der Waals surface area contributed by atoms with Crippen LogP contribution < -0.4 is 8.92 Å². The van der Waals surface area contributed by atoms with E-state index in [1.54, 1.807) is 31.2 Å². The summed E-state index contributed by atoms with van der Waals surface area (Å²) in [5, 5.41) is 9.74. The van der Waals surface area contributed by atoms with E-state index in [2.05, 4.69) is 16.0 Å². The van der Waals surface area contributed by atoms with Crippen molar-refractivity contribution in [1.29, 1.82) is 5.26 Å². The Balaban J connectivity index is 1.73. The molecule has 0 radical (unpaired) electrons. The number of rotatable bonds is 7. The van der Waals surface area contributed by atoms with Crippen molar-refractivity contribution >= 4 is 44.4 Å². The maximum absolute atomic E-state index is 12.8. The van der Waals surface area contributed by atoms with Gasteiger partial charge in [0.2, 0.25) is 5.75 Å². The zero-order chi connectivity index (χ0) is 24.3. The van der Waals surface area contributed by atoms with Crippen molar-refractivity contribution in [3.8, 4) is 17.6 Å². The fourth-order valence-corrected chi connectivity index (χ4v) is 4.54. The first kappa shape index (κ1) is 23.4. The molecule has 1 N–H and O–H groups in total. The van der Waals surface area contributed by atoms with Crippen molar-refractivity contribution in [2.75, 3.05) is 6.61 Å². The van der Waals surface area contributed by atoms with Gasteiger partial charge in [-0.25, -0.2) is 4.98 Å². The number of hydrogen-bond donors (Lipinski definition) is 1. The summed E-state index contributed by atoms with van der Waals surface area (Å²) in [4.78, 5) is 7.57. The SMILES string of the molecule is CCOc1cc(/C=C(\C#N)c2nc3ccccc3[nH]2)cc(Cl)c1OS(=O)(=O)c1ccc(C)cc1. The lowest BCUT2D eigenvalue weighted by Gasteiger charge is -2.14. The average Bonchev–Trinajstić information content (AvgIpc) is 3.24. The molecule has 1 heterocycles. The van der Waals surface area contributed by atoms with Gasteiger partial charge in [-0.1, -0.05) is 41.4 Å². The number of para-hydroxylation sites is 2. The molecular weight excluding hydrogens is 474 g/mol. The number of aromatic amines is 1. The Morgan fingerprint density at radius 3 is 2.59 bits per heavy atom. The van der Waals surface area contributed by atoms with Crippen LogP contribution in [0.5, 0.6) is 11.5 Å². The number of hydrogen-bond acceptors (Lipinski definition) is 6. The molecule has 4 aromatic rings. The third-order valence-corrected chi connectivity index (χ3v) is 6.43. The Hall–Kier alpha value is -3.80. The third-order valence-electron chi connectivity index (χ3n) is 4.91. The molecule has 34 heavy (non-hydrogen) atoms. The molecule has 0 spiro atoms. The van der Waals surface area contributed by atoms with Crippen molar-refractivity contribution in [2.45, 2.75) is 18.7 Å². The van der Waals surface area contributed by atoms with E-state index >= 15 is 0 Å². The van der Waals surface area contributed by atoms with E-state index in [1.165, 1.54) is 18.2 Å². The molecule has 0 aliphatic heterocycles. The number of benzene rings is 3. The molecule has 0 atom stereocenters. The number of aryl methyl sites for hydroxylation is 1. The number of nitrogens with zero attached hydrogens (tertiary/aromatic N) is 2. The fraction of sp³-hybridized carbons (Fsp3) is 0.120. The van der Waals surface area contributed by atoms with E-state index in [0.717, 1.165) is 16.6 Å². The number of H-pyrrole nitrogens is 1. The van der Waals surface area contributed by atoms with E-state index in [0.29, 0.717) is 11.4 Å². The maximum Gasteiger partial charge on any atom is 0.339 e. The molecular formula is C25H20ClN3O4S. The van der Waals surface area contributed by atoms with Crippen LogP contribution in [-0.2, 0) is 10.1 Å². The minimum atomic E-state index is -4.14. The molecule has 9 heteroatoms. The standard InChI is InChI=1S/C25H20ClN3O4S/c1-3-32-23-14-17(12-18(15-27)25-28-21-6-4-5-7-22(21)29-25)13-20(26)24(23)33-34(30,31)19-10-8-16(2)9-11-19/h4-14H,3H2,1-2H3,(H,28,29)/b18-12+. The minimum absolute atomic E-state index is 0.00256. The van der Waals surface area contributed by atoms with Crippen LogP contribution in [0.4, 0.5) is 0 Å². The highest BCUT2D eigenvalue weighted by atomic mass is 35.5. The van der Waals surface area contributed by atoms with Crippen molar-refractivity contribution in [3.63, 3.8) is 0 Å². The summed E-state index contributed by atoms with van der Waals surface area (Å²) < 4.78 is 36.6. The molecule has 4 rings (SSSR count). The summed E-state index contributed by atoms with van der Waals surface area (Å²) in [6.45, 7) is 3.86. The predicted octanol–water partition coefficient (Wildman–Crippen LogP) is 5.76.